The third kappa shape index (κ3) is 5.33. The standard InChI is InChI=1S/C18H20N6O2S/c1-11-9-12(2)22-18(21-11)27-13(3)17(25)20-8-6-15-23-16(24-26-15)14-5-4-7-19-10-14/h4-5,7,9-10,13H,6,8H2,1-3H3,(H,20,25)/t13-/m0/s1. The number of aryl methyl sites for hydroxylation is 2. The summed E-state index contributed by atoms with van der Waals surface area (Å²) in [6.07, 6.45) is 3.81. The topological polar surface area (TPSA) is 107 Å². The maximum absolute atomic E-state index is 12.3. The summed E-state index contributed by atoms with van der Waals surface area (Å²) in [5.41, 5.74) is 2.56. The Labute approximate surface area is 161 Å². The lowest BCUT2D eigenvalue weighted by atomic mass is 10.3. The third-order valence-electron chi connectivity index (χ3n) is 3.64. The largest absolute Gasteiger partial charge is 0.355 e. The molecule has 0 aromatic carbocycles. The smallest absolute Gasteiger partial charge is 0.233 e. The second-order valence-electron chi connectivity index (χ2n) is 5.99. The zero-order chi connectivity index (χ0) is 19.2. The predicted octanol–water partition coefficient (Wildman–Crippen LogP) is 2.38. The van der Waals surface area contributed by atoms with E-state index in [0.29, 0.717) is 29.8 Å². The lowest BCUT2D eigenvalue weighted by Gasteiger charge is -2.11. The monoisotopic (exact) mass is 384 g/mol. The summed E-state index contributed by atoms with van der Waals surface area (Å²) in [6, 6.07) is 5.57. The Morgan fingerprint density at radius 1 is 1.26 bits per heavy atom. The van der Waals surface area contributed by atoms with Gasteiger partial charge in [-0.15, -0.1) is 0 Å². The number of pyridine rings is 1. The summed E-state index contributed by atoms with van der Waals surface area (Å²) >= 11 is 1.34. The highest BCUT2D eigenvalue weighted by molar-refractivity contribution is 8.00. The van der Waals surface area contributed by atoms with E-state index in [1.54, 1.807) is 12.4 Å². The second kappa shape index (κ2) is 8.72. The molecule has 27 heavy (non-hydrogen) atoms. The van der Waals surface area contributed by atoms with Crippen molar-refractivity contribution in [3.05, 3.63) is 47.9 Å². The van der Waals surface area contributed by atoms with E-state index in [1.165, 1.54) is 11.8 Å². The van der Waals surface area contributed by atoms with Gasteiger partial charge < -0.3 is 9.84 Å². The summed E-state index contributed by atoms with van der Waals surface area (Å²) in [6.45, 7) is 6.06. The summed E-state index contributed by atoms with van der Waals surface area (Å²) in [5, 5.41) is 7.11. The van der Waals surface area contributed by atoms with Crippen LogP contribution in [-0.2, 0) is 11.2 Å². The van der Waals surface area contributed by atoms with Gasteiger partial charge in [-0.3, -0.25) is 9.78 Å². The lowest BCUT2D eigenvalue weighted by molar-refractivity contribution is -0.120. The average Bonchev–Trinajstić information content (AvgIpc) is 3.10. The molecule has 3 aromatic rings. The van der Waals surface area contributed by atoms with Gasteiger partial charge in [0.25, 0.3) is 0 Å². The van der Waals surface area contributed by atoms with Crippen LogP contribution in [0.5, 0.6) is 0 Å². The molecular formula is C18H20N6O2S. The van der Waals surface area contributed by atoms with Gasteiger partial charge >= 0.3 is 0 Å². The van der Waals surface area contributed by atoms with Gasteiger partial charge in [-0.05, 0) is 39.0 Å². The van der Waals surface area contributed by atoms with Crippen LogP contribution in [0.25, 0.3) is 11.4 Å². The van der Waals surface area contributed by atoms with E-state index in [2.05, 4.69) is 30.4 Å². The predicted molar refractivity (Wildman–Crippen MR) is 101 cm³/mol. The summed E-state index contributed by atoms with van der Waals surface area (Å²) in [5.74, 6) is 0.863. The van der Waals surface area contributed by atoms with E-state index < -0.39 is 0 Å². The normalized spacial score (nSPS) is 12.0. The molecule has 1 amide bonds. The van der Waals surface area contributed by atoms with E-state index >= 15 is 0 Å². The van der Waals surface area contributed by atoms with Gasteiger partial charge in [-0.1, -0.05) is 16.9 Å². The Morgan fingerprint density at radius 2 is 2.04 bits per heavy atom. The van der Waals surface area contributed by atoms with Crippen molar-refractivity contribution in [3.8, 4) is 11.4 Å². The Bertz CT molecular complexity index is 895. The molecule has 8 nitrogen and oxygen atoms in total. The van der Waals surface area contributed by atoms with E-state index in [0.717, 1.165) is 17.0 Å². The van der Waals surface area contributed by atoms with Crippen LogP contribution >= 0.6 is 11.8 Å². The molecule has 1 N–H and O–H groups in total. The van der Waals surface area contributed by atoms with Crippen LogP contribution in [0.2, 0.25) is 0 Å². The Balaban J connectivity index is 1.48. The number of hydrogen-bond acceptors (Lipinski definition) is 8. The molecule has 9 heteroatoms. The van der Waals surface area contributed by atoms with E-state index in [-0.39, 0.29) is 11.2 Å². The van der Waals surface area contributed by atoms with Gasteiger partial charge in [0.1, 0.15) is 0 Å². The van der Waals surface area contributed by atoms with Gasteiger partial charge in [-0.2, -0.15) is 4.98 Å². The number of carbonyl (C=O) groups is 1. The Kier molecular flexibility index (Phi) is 6.12. The Hall–Kier alpha value is -2.81. The number of rotatable bonds is 7. The highest BCUT2D eigenvalue weighted by Crippen LogP contribution is 2.20. The van der Waals surface area contributed by atoms with Crippen molar-refractivity contribution in [2.45, 2.75) is 37.6 Å². The molecule has 140 valence electrons. The van der Waals surface area contributed by atoms with Crippen LogP contribution in [0.4, 0.5) is 0 Å². The van der Waals surface area contributed by atoms with Crippen molar-refractivity contribution in [3.63, 3.8) is 0 Å². The molecule has 0 aliphatic rings. The molecule has 0 fully saturated rings. The molecular weight excluding hydrogens is 364 g/mol. The average molecular weight is 384 g/mol. The minimum atomic E-state index is -0.306. The van der Waals surface area contributed by atoms with Crippen LogP contribution in [0.3, 0.4) is 0 Å². The van der Waals surface area contributed by atoms with E-state index in [9.17, 15) is 4.79 Å². The zero-order valence-corrected chi connectivity index (χ0v) is 16.2. The molecule has 0 bridgehead atoms. The van der Waals surface area contributed by atoms with E-state index in [4.69, 9.17) is 4.52 Å². The number of thioether (sulfide) groups is 1. The molecule has 0 unspecified atom stereocenters. The van der Waals surface area contributed by atoms with Crippen LogP contribution in [-0.4, -0.2) is 42.8 Å². The van der Waals surface area contributed by atoms with Crippen molar-refractivity contribution in [1.29, 1.82) is 0 Å². The zero-order valence-electron chi connectivity index (χ0n) is 15.3. The van der Waals surface area contributed by atoms with Gasteiger partial charge in [0.15, 0.2) is 5.16 Å². The van der Waals surface area contributed by atoms with Crippen molar-refractivity contribution in [2.24, 2.45) is 0 Å². The van der Waals surface area contributed by atoms with Crippen molar-refractivity contribution >= 4 is 17.7 Å². The highest BCUT2D eigenvalue weighted by atomic mass is 32.2. The minimum Gasteiger partial charge on any atom is -0.355 e. The maximum Gasteiger partial charge on any atom is 0.233 e. The first-order chi connectivity index (χ1) is 13.0. The number of aromatic nitrogens is 5. The third-order valence-corrected chi connectivity index (χ3v) is 4.60. The van der Waals surface area contributed by atoms with Crippen LogP contribution in [0.1, 0.15) is 24.2 Å². The van der Waals surface area contributed by atoms with E-state index in [1.807, 2.05) is 39.0 Å². The number of carbonyl (C=O) groups excluding carboxylic acids is 1. The van der Waals surface area contributed by atoms with Crippen molar-refractivity contribution in [1.82, 2.24) is 30.4 Å². The highest BCUT2D eigenvalue weighted by Gasteiger charge is 2.16. The first-order valence-electron chi connectivity index (χ1n) is 8.51. The molecule has 0 spiro atoms. The lowest BCUT2D eigenvalue weighted by Crippen LogP contribution is -2.32. The van der Waals surface area contributed by atoms with Crippen molar-refractivity contribution < 1.29 is 9.32 Å². The molecule has 0 saturated heterocycles. The number of nitrogens with zero attached hydrogens (tertiary/aromatic N) is 5. The molecule has 0 radical (unpaired) electrons. The van der Waals surface area contributed by atoms with Crippen LogP contribution in [0, 0.1) is 13.8 Å². The number of hydrogen-bond donors (Lipinski definition) is 1. The fraction of sp³-hybridized carbons (Fsp3) is 0.333. The fourth-order valence-corrected chi connectivity index (χ4v) is 3.26. The fourth-order valence-electron chi connectivity index (χ4n) is 2.36. The van der Waals surface area contributed by atoms with Crippen molar-refractivity contribution in [2.75, 3.05) is 6.54 Å². The second-order valence-corrected chi connectivity index (χ2v) is 7.30. The van der Waals surface area contributed by atoms with Gasteiger partial charge in [-0.25, -0.2) is 9.97 Å². The van der Waals surface area contributed by atoms with Crippen LogP contribution in [0.15, 0.2) is 40.3 Å². The quantitative estimate of drug-likeness (QED) is 0.489. The molecule has 3 heterocycles. The van der Waals surface area contributed by atoms with Gasteiger partial charge in [0.2, 0.25) is 17.6 Å². The van der Waals surface area contributed by atoms with Gasteiger partial charge in [0.05, 0.1) is 5.25 Å². The van der Waals surface area contributed by atoms with Gasteiger partial charge in [0, 0.05) is 42.3 Å². The van der Waals surface area contributed by atoms with Crippen LogP contribution < -0.4 is 5.32 Å². The molecule has 3 rings (SSSR count). The molecule has 0 saturated carbocycles. The Morgan fingerprint density at radius 3 is 2.74 bits per heavy atom. The minimum absolute atomic E-state index is 0.0882. The maximum atomic E-state index is 12.3. The first-order valence-corrected chi connectivity index (χ1v) is 9.39. The first kappa shape index (κ1) is 19.0. The number of nitrogens with one attached hydrogen (secondary N) is 1. The molecule has 0 aliphatic heterocycles. The SMILES string of the molecule is Cc1cc(C)nc(S[C@@H](C)C(=O)NCCc2nc(-c3cccnc3)no2)n1. The summed E-state index contributed by atoms with van der Waals surface area (Å²) in [4.78, 5) is 29.3. The number of amides is 1. The summed E-state index contributed by atoms with van der Waals surface area (Å²) in [7, 11) is 0. The summed E-state index contributed by atoms with van der Waals surface area (Å²) < 4.78 is 5.22. The molecule has 3 aromatic heterocycles. The molecule has 1 atom stereocenters. The molecule has 0 aliphatic carbocycles.